The average Bonchev–Trinajstić information content (AvgIpc) is 3.03. The lowest BCUT2D eigenvalue weighted by atomic mass is 10.3. The molecule has 1 heterocycles. The molecule has 0 N–H and O–H groups in total. The molecule has 0 fully saturated rings. The van der Waals surface area contributed by atoms with Crippen LogP contribution in [0.25, 0.3) is 5.69 Å². The van der Waals surface area contributed by atoms with Crippen LogP contribution in [0.5, 0.6) is 11.5 Å². The van der Waals surface area contributed by atoms with Crippen LogP contribution in [0.3, 0.4) is 0 Å². The summed E-state index contributed by atoms with van der Waals surface area (Å²) in [4.78, 5) is 0. The number of thioether (sulfide) groups is 1. The van der Waals surface area contributed by atoms with Crippen LogP contribution in [-0.4, -0.2) is 27.1 Å². The molecular weight excluding hydrogens is 334 g/mol. The van der Waals surface area contributed by atoms with Gasteiger partial charge in [0.15, 0.2) is 11.0 Å². The molecule has 3 rings (SSSR count). The highest BCUT2D eigenvalue weighted by atomic mass is 32.2. The molecule has 130 valence electrons. The Hall–Kier alpha value is -2.47. The van der Waals surface area contributed by atoms with Gasteiger partial charge in [-0.25, -0.2) is 0 Å². The van der Waals surface area contributed by atoms with Crippen LogP contribution in [0.1, 0.15) is 19.7 Å². The van der Waals surface area contributed by atoms with Crippen molar-refractivity contribution in [1.29, 1.82) is 0 Å². The van der Waals surface area contributed by atoms with Crippen LogP contribution in [0.15, 0.2) is 59.8 Å². The van der Waals surface area contributed by atoms with Gasteiger partial charge in [0.05, 0.1) is 7.11 Å². The highest BCUT2D eigenvalue weighted by Crippen LogP contribution is 2.26. The van der Waals surface area contributed by atoms with E-state index in [1.165, 1.54) is 0 Å². The van der Waals surface area contributed by atoms with Crippen LogP contribution in [0, 0.1) is 0 Å². The third kappa shape index (κ3) is 4.33. The Morgan fingerprint density at radius 3 is 2.28 bits per heavy atom. The highest BCUT2D eigenvalue weighted by Gasteiger charge is 2.16. The minimum atomic E-state index is 0.340. The first-order chi connectivity index (χ1) is 12.2. The summed E-state index contributed by atoms with van der Waals surface area (Å²) in [5.41, 5.74) is 1.03. The molecule has 0 saturated carbocycles. The fraction of sp³-hybridized carbons (Fsp3) is 0.263. The number of para-hydroxylation sites is 1. The van der Waals surface area contributed by atoms with Gasteiger partial charge in [-0.1, -0.05) is 43.8 Å². The van der Waals surface area contributed by atoms with E-state index < -0.39 is 0 Å². The maximum absolute atomic E-state index is 5.88. The number of hydrogen-bond acceptors (Lipinski definition) is 5. The molecule has 3 aromatic rings. The predicted octanol–water partition coefficient (Wildman–Crippen LogP) is 4.36. The van der Waals surface area contributed by atoms with Gasteiger partial charge in [-0.15, -0.1) is 10.2 Å². The maximum Gasteiger partial charge on any atom is 0.196 e. The number of nitrogens with zero attached hydrogens (tertiary/aromatic N) is 3. The summed E-state index contributed by atoms with van der Waals surface area (Å²) >= 11 is 1.68. The summed E-state index contributed by atoms with van der Waals surface area (Å²) in [5, 5.41) is 9.97. The quantitative estimate of drug-likeness (QED) is 0.590. The van der Waals surface area contributed by atoms with Crippen molar-refractivity contribution in [2.45, 2.75) is 30.9 Å². The minimum absolute atomic E-state index is 0.340. The van der Waals surface area contributed by atoms with Crippen molar-refractivity contribution < 1.29 is 9.47 Å². The third-order valence-corrected chi connectivity index (χ3v) is 4.43. The molecule has 0 atom stereocenters. The monoisotopic (exact) mass is 355 g/mol. The number of benzene rings is 2. The van der Waals surface area contributed by atoms with Gasteiger partial charge in [0, 0.05) is 10.9 Å². The van der Waals surface area contributed by atoms with Crippen LogP contribution in [0.4, 0.5) is 0 Å². The van der Waals surface area contributed by atoms with Gasteiger partial charge in [-0.3, -0.25) is 4.57 Å². The third-order valence-electron chi connectivity index (χ3n) is 3.48. The van der Waals surface area contributed by atoms with Crippen LogP contribution in [0.2, 0.25) is 0 Å². The zero-order valence-electron chi connectivity index (χ0n) is 14.5. The average molecular weight is 355 g/mol. The van der Waals surface area contributed by atoms with Crippen LogP contribution < -0.4 is 9.47 Å². The summed E-state index contributed by atoms with van der Waals surface area (Å²) in [5.74, 6) is 2.34. The van der Waals surface area contributed by atoms with Gasteiger partial charge in [0.2, 0.25) is 0 Å². The maximum atomic E-state index is 5.88. The predicted molar refractivity (Wildman–Crippen MR) is 99.7 cm³/mol. The topological polar surface area (TPSA) is 49.2 Å². The van der Waals surface area contributed by atoms with Gasteiger partial charge in [0.1, 0.15) is 18.1 Å². The molecule has 0 aliphatic rings. The molecule has 0 amide bonds. The van der Waals surface area contributed by atoms with E-state index in [1.807, 2.05) is 59.2 Å². The molecule has 0 saturated heterocycles. The number of aromatic nitrogens is 3. The Morgan fingerprint density at radius 1 is 0.960 bits per heavy atom. The second-order valence-corrected chi connectivity index (χ2v) is 7.24. The zero-order valence-corrected chi connectivity index (χ0v) is 15.4. The van der Waals surface area contributed by atoms with Crippen molar-refractivity contribution in [1.82, 2.24) is 14.8 Å². The van der Waals surface area contributed by atoms with Crippen molar-refractivity contribution in [3.63, 3.8) is 0 Å². The Kier molecular flexibility index (Phi) is 5.60. The largest absolute Gasteiger partial charge is 0.497 e. The second kappa shape index (κ2) is 8.07. The van der Waals surface area contributed by atoms with Gasteiger partial charge in [-0.2, -0.15) is 0 Å². The van der Waals surface area contributed by atoms with Crippen molar-refractivity contribution >= 4 is 11.8 Å². The molecule has 0 unspecified atom stereocenters. The molecule has 25 heavy (non-hydrogen) atoms. The molecule has 0 spiro atoms. The first-order valence-electron chi connectivity index (χ1n) is 8.10. The lowest BCUT2D eigenvalue weighted by Crippen LogP contribution is -2.07. The highest BCUT2D eigenvalue weighted by molar-refractivity contribution is 7.99. The SMILES string of the molecule is COc1ccc(OCc2nnc(SC(C)C)n2-c2ccccc2)cc1. The number of hydrogen-bond donors (Lipinski definition) is 0. The second-order valence-electron chi connectivity index (χ2n) is 5.70. The zero-order chi connectivity index (χ0) is 17.6. The van der Waals surface area contributed by atoms with E-state index in [0.29, 0.717) is 11.9 Å². The smallest absolute Gasteiger partial charge is 0.196 e. The molecule has 0 aliphatic heterocycles. The molecule has 0 aliphatic carbocycles. The Balaban J connectivity index is 1.83. The first-order valence-corrected chi connectivity index (χ1v) is 8.98. The minimum Gasteiger partial charge on any atom is -0.497 e. The van der Waals surface area contributed by atoms with Gasteiger partial charge < -0.3 is 9.47 Å². The number of methoxy groups -OCH3 is 1. The molecule has 1 aromatic heterocycles. The summed E-state index contributed by atoms with van der Waals surface area (Å²) in [7, 11) is 1.64. The van der Waals surface area contributed by atoms with Crippen molar-refractivity contribution in [3.05, 3.63) is 60.4 Å². The fourth-order valence-electron chi connectivity index (χ4n) is 2.34. The van der Waals surface area contributed by atoms with E-state index >= 15 is 0 Å². The standard InChI is InChI=1S/C19H21N3O2S/c1-14(2)25-19-21-20-18(22(19)15-7-5-4-6-8-15)13-24-17-11-9-16(23-3)10-12-17/h4-12,14H,13H2,1-3H3. The van der Waals surface area contributed by atoms with E-state index in [2.05, 4.69) is 24.0 Å². The fourth-order valence-corrected chi connectivity index (χ4v) is 3.16. The molecule has 5 nitrogen and oxygen atoms in total. The van der Waals surface area contributed by atoms with E-state index in [9.17, 15) is 0 Å². The van der Waals surface area contributed by atoms with E-state index in [1.54, 1.807) is 18.9 Å². The molecule has 6 heteroatoms. The molecule has 2 aromatic carbocycles. The summed E-state index contributed by atoms with van der Waals surface area (Å²) < 4.78 is 13.1. The molecule has 0 radical (unpaired) electrons. The Morgan fingerprint density at radius 2 is 1.64 bits per heavy atom. The van der Waals surface area contributed by atoms with Crippen LogP contribution >= 0.6 is 11.8 Å². The van der Waals surface area contributed by atoms with E-state index in [-0.39, 0.29) is 0 Å². The first kappa shape index (κ1) is 17.4. The van der Waals surface area contributed by atoms with Crippen molar-refractivity contribution in [2.24, 2.45) is 0 Å². The van der Waals surface area contributed by atoms with Gasteiger partial charge in [0.25, 0.3) is 0 Å². The normalized spacial score (nSPS) is 10.9. The molecule has 0 bridgehead atoms. The lowest BCUT2D eigenvalue weighted by molar-refractivity contribution is 0.292. The number of ether oxygens (including phenoxy) is 2. The molecular formula is C19H21N3O2S. The Bertz CT molecular complexity index is 801. The van der Waals surface area contributed by atoms with E-state index in [0.717, 1.165) is 28.2 Å². The summed E-state index contributed by atoms with van der Waals surface area (Å²) in [6, 6.07) is 17.6. The van der Waals surface area contributed by atoms with Crippen molar-refractivity contribution in [3.8, 4) is 17.2 Å². The Labute approximate surface area is 152 Å². The van der Waals surface area contributed by atoms with Crippen LogP contribution in [-0.2, 0) is 6.61 Å². The summed E-state index contributed by atoms with van der Waals surface area (Å²) in [6.45, 7) is 4.62. The van der Waals surface area contributed by atoms with Gasteiger partial charge in [-0.05, 0) is 36.4 Å². The summed E-state index contributed by atoms with van der Waals surface area (Å²) in [6.07, 6.45) is 0. The number of rotatable bonds is 7. The van der Waals surface area contributed by atoms with Crippen molar-refractivity contribution in [2.75, 3.05) is 7.11 Å². The van der Waals surface area contributed by atoms with E-state index in [4.69, 9.17) is 9.47 Å². The van der Waals surface area contributed by atoms with Gasteiger partial charge >= 0.3 is 0 Å². The lowest BCUT2D eigenvalue weighted by Gasteiger charge is -2.12.